The summed E-state index contributed by atoms with van der Waals surface area (Å²) in [5, 5.41) is 3.20. The summed E-state index contributed by atoms with van der Waals surface area (Å²) < 4.78 is 6.80. The first-order valence-electron chi connectivity index (χ1n) is 5.63. The van der Waals surface area contributed by atoms with E-state index in [1.807, 2.05) is 10.8 Å². The van der Waals surface area contributed by atoms with Crippen molar-refractivity contribution in [1.82, 2.24) is 14.9 Å². The highest BCUT2D eigenvalue weighted by atomic mass is 16.5. The van der Waals surface area contributed by atoms with Gasteiger partial charge in [-0.3, -0.25) is 4.79 Å². The van der Waals surface area contributed by atoms with Gasteiger partial charge in [0.25, 0.3) is 0 Å². The molecule has 6 nitrogen and oxygen atoms in total. The van der Waals surface area contributed by atoms with Crippen molar-refractivity contribution in [3.05, 3.63) is 18.2 Å². The van der Waals surface area contributed by atoms with Gasteiger partial charge >= 0.3 is 0 Å². The van der Waals surface area contributed by atoms with E-state index in [0.29, 0.717) is 19.7 Å². The molecule has 0 saturated carbocycles. The highest BCUT2D eigenvalue weighted by molar-refractivity contribution is 5.76. The van der Waals surface area contributed by atoms with Crippen LogP contribution in [0.1, 0.15) is 12.6 Å². The minimum Gasteiger partial charge on any atom is -0.383 e. The molecule has 17 heavy (non-hydrogen) atoms. The first kappa shape index (κ1) is 13.7. The molecule has 1 amide bonds. The third-order valence-corrected chi connectivity index (χ3v) is 2.45. The van der Waals surface area contributed by atoms with E-state index in [1.54, 1.807) is 20.4 Å². The highest BCUT2D eigenvalue weighted by Crippen LogP contribution is 2.02. The fourth-order valence-corrected chi connectivity index (χ4v) is 1.39. The van der Waals surface area contributed by atoms with Gasteiger partial charge in [0.1, 0.15) is 0 Å². The number of hydrogen-bond acceptors (Lipinski definition) is 4. The van der Waals surface area contributed by atoms with Gasteiger partial charge in [-0.2, -0.15) is 0 Å². The predicted octanol–water partition coefficient (Wildman–Crippen LogP) is -0.259. The summed E-state index contributed by atoms with van der Waals surface area (Å²) in [6, 6.07) is 0. The summed E-state index contributed by atoms with van der Waals surface area (Å²) in [6.45, 7) is 4.54. The number of aromatic nitrogens is 2. The lowest BCUT2D eigenvalue weighted by atomic mass is 10.2. The summed E-state index contributed by atoms with van der Waals surface area (Å²) in [5.74, 6) is -0.475. The Hall–Kier alpha value is -1.40. The Labute approximate surface area is 101 Å². The summed E-state index contributed by atoms with van der Waals surface area (Å²) in [5.41, 5.74) is 6.15. The maximum atomic E-state index is 10.9. The van der Waals surface area contributed by atoms with Crippen LogP contribution < -0.4 is 11.1 Å². The predicted molar refractivity (Wildman–Crippen MR) is 64.2 cm³/mol. The monoisotopic (exact) mass is 240 g/mol. The molecule has 0 spiro atoms. The second-order valence-corrected chi connectivity index (χ2v) is 4.03. The molecule has 1 rings (SSSR count). The normalized spacial score (nSPS) is 12.6. The Morgan fingerprint density at radius 2 is 2.47 bits per heavy atom. The van der Waals surface area contributed by atoms with E-state index >= 15 is 0 Å². The van der Waals surface area contributed by atoms with Crippen LogP contribution in [0.4, 0.5) is 0 Å². The van der Waals surface area contributed by atoms with Crippen molar-refractivity contribution in [3.8, 4) is 0 Å². The number of ether oxygens (including phenoxy) is 1. The molecule has 0 aliphatic carbocycles. The van der Waals surface area contributed by atoms with E-state index in [4.69, 9.17) is 10.5 Å². The van der Waals surface area contributed by atoms with Gasteiger partial charge < -0.3 is 20.4 Å². The number of amides is 1. The Morgan fingerprint density at radius 1 is 1.71 bits per heavy atom. The molecule has 0 fully saturated rings. The highest BCUT2D eigenvalue weighted by Gasteiger charge is 2.09. The van der Waals surface area contributed by atoms with Gasteiger partial charge in [0.05, 0.1) is 24.5 Å². The van der Waals surface area contributed by atoms with Crippen LogP contribution in [0.15, 0.2) is 12.5 Å². The third kappa shape index (κ3) is 4.97. The van der Waals surface area contributed by atoms with E-state index in [9.17, 15) is 4.79 Å². The number of nitrogens with one attached hydrogen (secondary N) is 1. The zero-order chi connectivity index (χ0) is 12.7. The summed E-state index contributed by atoms with van der Waals surface area (Å²) in [6.07, 6.45) is 3.63. The SMILES string of the molecule is COCCNCc1cn(CC(C)C(N)=O)cn1. The molecule has 1 unspecified atom stereocenters. The van der Waals surface area contributed by atoms with E-state index in [1.165, 1.54) is 0 Å². The van der Waals surface area contributed by atoms with Crippen molar-refractivity contribution in [1.29, 1.82) is 0 Å². The first-order valence-corrected chi connectivity index (χ1v) is 5.63. The lowest BCUT2D eigenvalue weighted by Gasteiger charge is -2.06. The smallest absolute Gasteiger partial charge is 0.222 e. The number of nitrogens with zero attached hydrogens (tertiary/aromatic N) is 2. The van der Waals surface area contributed by atoms with E-state index in [0.717, 1.165) is 12.2 Å². The molecule has 0 aromatic carbocycles. The average molecular weight is 240 g/mol. The van der Waals surface area contributed by atoms with Gasteiger partial charge in [0.15, 0.2) is 0 Å². The van der Waals surface area contributed by atoms with Crippen LogP contribution in [0.2, 0.25) is 0 Å². The molecular formula is C11H20N4O2. The molecule has 0 aliphatic rings. The Kier molecular flexibility index (Phi) is 5.65. The van der Waals surface area contributed by atoms with Crippen molar-refractivity contribution in [2.24, 2.45) is 11.7 Å². The number of carbonyl (C=O) groups is 1. The average Bonchev–Trinajstić information content (AvgIpc) is 2.72. The Morgan fingerprint density at radius 3 is 3.12 bits per heavy atom. The topological polar surface area (TPSA) is 82.2 Å². The van der Waals surface area contributed by atoms with E-state index < -0.39 is 0 Å². The molecule has 1 heterocycles. The number of imidazole rings is 1. The van der Waals surface area contributed by atoms with Gasteiger partial charge in [-0.05, 0) is 0 Å². The molecule has 3 N–H and O–H groups in total. The zero-order valence-corrected chi connectivity index (χ0v) is 10.3. The second-order valence-electron chi connectivity index (χ2n) is 4.03. The van der Waals surface area contributed by atoms with Crippen molar-refractivity contribution < 1.29 is 9.53 Å². The second kappa shape index (κ2) is 7.03. The van der Waals surface area contributed by atoms with Crippen LogP contribution in [-0.2, 0) is 22.6 Å². The summed E-state index contributed by atoms with van der Waals surface area (Å²) in [7, 11) is 1.67. The van der Waals surface area contributed by atoms with Crippen LogP contribution >= 0.6 is 0 Å². The molecule has 1 aromatic heterocycles. The standard InChI is InChI=1S/C11H20N4O2/c1-9(11(12)16)6-15-7-10(14-8-15)5-13-3-4-17-2/h7-9,13H,3-6H2,1-2H3,(H2,12,16). The Bertz CT molecular complexity index is 351. The molecule has 1 atom stereocenters. The minimum atomic E-state index is -0.293. The molecule has 6 heteroatoms. The van der Waals surface area contributed by atoms with E-state index in [2.05, 4.69) is 10.3 Å². The van der Waals surface area contributed by atoms with Crippen molar-refractivity contribution in [2.45, 2.75) is 20.0 Å². The molecule has 0 aliphatic heterocycles. The quantitative estimate of drug-likeness (QED) is 0.613. The molecule has 1 aromatic rings. The molecule has 0 saturated heterocycles. The van der Waals surface area contributed by atoms with Crippen LogP contribution in [0.25, 0.3) is 0 Å². The first-order chi connectivity index (χ1) is 8.13. The van der Waals surface area contributed by atoms with Crippen molar-refractivity contribution in [3.63, 3.8) is 0 Å². The van der Waals surface area contributed by atoms with Gasteiger partial charge in [0, 0.05) is 32.9 Å². The Balaban J connectivity index is 2.34. The van der Waals surface area contributed by atoms with Gasteiger partial charge in [0.2, 0.25) is 5.91 Å². The van der Waals surface area contributed by atoms with Gasteiger partial charge in [-0.1, -0.05) is 6.92 Å². The molecule has 0 radical (unpaired) electrons. The van der Waals surface area contributed by atoms with Crippen molar-refractivity contribution in [2.75, 3.05) is 20.3 Å². The van der Waals surface area contributed by atoms with E-state index in [-0.39, 0.29) is 11.8 Å². The number of rotatable bonds is 8. The fraction of sp³-hybridized carbons (Fsp3) is 0.636. The maximum Gasteiger partial charge on any atom is 0.222 e. The largest absolute Gasteiger partial charge is 0.383 e. The van der Waals surface area contributed by atoms with Crippen LogP contribution in [-0.4, -0.2) is 35.7 Å². The lowest BCUT2D eigenvalue weighted by Crippen LogP contribution is -2.24. The van der Waals surface area contributed by atoms with Gasteiger partial charge in [-0.25, -0.2) is 4.98 Å². The van der Waals surface area contributed by atoms with Crippen LogP contribution in [0.3, 0.4) is 0 Å². The van der Waals surface area contributed by atoms with Crippen molar-refractivity contribution >= 4 is 5.91 Å². The summed E-state index contributed by atoms with van der Waals surface area (Å²) >= 11 is 0. The number of carbonyl (C=O) groups excluding carboxylic acids is 1. The number of nitrogens with two attached hydrogens (primary N) is 1. The lowest BCUT2D eigenvalue weighted by molar-refractivity contribution is -0.121. The van der Waals surface area contributed by atoms with Crippen LogP contribution in [0.5, 0.6) is 0 Å². The number of primary amides is 1. The molecule has 96 valence electrons. The van der Waals surface area contributed by atoms with Crippen LogP contribution in [0, 0.1) is 5.92 Å². The minimum absolute atomic E-state index is 0.182. The number of hydrogen-bond donors (Lipinski definition) is 2. The maximum absolute atomic E-state index is 10.9. The molecular weight excluding hydrogens is 220 g/mol. The summed E-state index contributed by atoms with van der Waals surface area (Å²) in [4.78, 5) is 15.2. The molecule has 0 bridgehead atoms. The van der Waals surface area contributed by atoms with Gasteiger partial charge in [-0.15, -0.1) is 0 Å². The third-order valence-electron chi connectivity index (χ3n) is 2.45. The fourth-order valence-electron chi connectivity index (χ4n) is 1.39. The number of methoxy groups -OCH3 is 1. The zero-order valence-electron chi connectivity index (χ0n) is 10.3.